The Kier molecular flexibility index (Phi) is 6.63. The Morgan fingerprint density at radius 2 is 1.87 bits per heavy atom. The minimum Gasteiger partial charge on any atom is -0.342 e. The quantitative estimate of drug-likeness (QED) is 0.260. The highest BCUT2D eigenvalue weighted by atomic mass is 35.5. The Labute approximate surface area is 97.7 Å². The minimum atomic E-state index is 0. The first kappa shape index (κ1) is 14.5. The van der Waals surface area contributed by atoms with E-state index in [9.17, 15) is 0 Å². The smallest absolute Gasteiger partial charge is 0.208 e. The molecule has 0 unspecified atom stereocenters. The highest BCUT2D eigenvalue weighted by molar-refractivity contribution is 5.85. The van der Waals surface area contributed by atoms with E-state index in [1.165, 1.54) is 0 Å². The molecule has 0 aliphatic heterocycles. The van der Waals surface area contributed by atoms with Gasteiger partial charge in [0.05, 0.1) is 0 Å². The highest BCUT2D eigenvalue weighted by Crippen LogP contribution is 2.20. The summed E-state index contributed by atoms with van der Waals surface area (Å²) in [7, 11) is 3.75. The molecule has 5 N–H and O–H groups in total. The molecule has 15 heavy (non-hydrogen) atoms. The third-order valence-electron chi connectivity index (χ3n) is 2.96. The number of aliphatic imine (C=N–C) groups is 1. The number of nitrogens with one attached hydrogen (secondary N) is 1. The van der Waals surface area contributed by atoms with Crippen LogP contribution in [0.15, 0.2) is 4.99 Å². The molecule has 1 saturated carbocycles. The van der Waals surface area contributed by atoms with E-state index in [2.05, 4.69) is 15.3 Å². The summed E-state index contributed by atoms with van der Waals surface area (Å²) in [6.45, 7) is 0. The van der Waals surface area contributed by atoms with Crippen molar-refractivity contribution in [3.8, 4) is 0 Å². The number of nitrogens with two attached hydrogens (primary N) is 2. The second kappa shape index (κ2) is 6.87. The number of rotatable bonds is 1. The van der Waals surface area contributed by atoms with Gasteiger partial charge in [-0.1, -0.05) is 0 Å². The van der Waals surface area contributed by atoms with Crippen molar-refractivity contribution in [3.05, 3.63) is 0 Å². The lowest BCUT2D eigenvalue weighted by molar-refractivity contribution is 0.256. The van der Waals surface area contributed by atoms with Gasteiger partial charge in [0.15, 0.2) is 0 Å². The number of halogens is 1. The standard InChI is InChI=1S/C9H21N5.ClH/c1-12-9(13-11)14(2)8-5-3-7(10)4-6-8;/h7-8H,3-6,10-11H2,1-2H3,(H,12,13);1H/t7-,8+;. The van der Waals surface area contributed by atoms with Gasteiger partial charge < -0.3 is 10.6 Å². The molecule has 5 nitrogen and oxygen atoms in total. The lowest BCUT2D eigenvalue weighted by Crippen LogP contribution is -2.49. The van der Waals surface area contributed by atoms with Gasteiger partial charge in [-0.25, -0.2) is 5.84 Å². The average molecular weight is 236 g/mol. The maximum Gasteiger partial charge on any atom is 0.208 e. The molecule has 0 amide bonds. The van der Waals surface area contributed by atoms with Crippen LogP contribution in [0.4, 0.5) is 0 Å². The maximum atomic E-state index is 5.85. The van der Waals surface area contributed by atoms with E-state index in [-0.39, 0.29) is 12.4 Å². The summed E-state index contributed by atoms with van der Waals surface area (Å²) in [5, 5.41) is 0. The van der Waals surface area contributed by atoms with Crippen LogP contribution in [-0.2, 0) is 0 Å². The van der Waals surface area contributed by atoms with E-state index in [4.69, 9.17) is 11.6 Å². The Morgan fingerprint density at radius 3 is 2.27 bits per heavy atom. The van der Waals surface area contributed by atoms with E-state index in [0.717, 1.165) is 31.6 Å². The topological polar surface area (TPSA) is 79.7 Å². The van der Waals surface area contributed by atoms with Crippen molar-refractivity contribution in [1.29, 1.82) is 0 Å². The first-order valence-corrected chi connectivity index (χ1v) is 5.10. The molecular weight excluding hydrogens is 214 g/mol. The SMILES string of the molecule is C/N=C(\NN)N(C)[C@H]1CC[C@@H](N)CC1.Cl. The van der Waals surface area contributed by atoms with E-state index >= 15 is 0 Å². The van der Waals surface area contributed by atoms with Crippen LogP contribution in [-0.4, -0.2) is 37.0 Å². The zero-order valence-corrected chi connectivity index (χ0v) is 10.3. The molecular formula is C9H22ClN5. The molecule has 0 radical (unpaired) electrons. The largest absolute Gasteiger partial charge is 0.342 e. The molecule has 1 rings (SSSR count). The molecule has 0 atom stereocenters. The van der Waals surface area contributed by atoms with Gasteiger partial charge >= 0.3 is 0 Å². The fraction of sp³-hybridized carbons (Fsp3) is 0.889. The molecule has 1 aliphatic rings. The Balaban J connectivity index is 0.00000196. The molecule has 0 spiro atoms. The summed E-state index contributed by atoms with van der Waals surface area (Å²) in [4.78, 5) is 6.18. The van der Waals surface area contributed by atoms with E-state index in [0.29, 0.717) is 12.1 Å². The number of hydrazine groups is 1. The van der Waals surface area contributed by atoms with Crippen LogP contribution >= 0.6 is 12.4 Å². The fourth-order valence-corrected chi connectivity index (χ4v) is 1.99. The predicted molar refractivity (Wildman–Crippen MR) is 65.9 cm³/mol. The lowest BCUT2D eigenvalue weighted by atomic mass is 9.91. The lowest BCUT2D eigenvalue weighted by Gasteiger charge is -2.34. The van der Waals surface area contributed by atoms with Crippen LogP contribution in [0.1, 0.15) is 25.7 Å². The molecule has 0 aromatic heterocycles. The third-order valence-corrected chi connectivity index (χ3v) is 2.96. The van der Waals surface area contributed by atoms with Gasteiger partial charge in [-0.3, -0.25) is 10.4 Å². The van der Waals surface area contributed by atoms with Gasteiger partial charge in [-0.2, -0.15) is 0 Å². The third kappa shape index (κ3) is 3.85. The molecule has 0 aromatic rings. The normalized spacial score (nSPS) is 26.8. The summed E-state index contributed by atoms with van der Waals surface area (Å²) in [5.74, 6) is 6.11. The van der Waals surface area contributed by atoms with Crippen LogP contribution in [0, 0.1) is 0 Å². The van der Waals surface area contributed by atoms with Crippen molar-refractivity contribution < 1.29 is 0 Å². The van der Waals surface area contributed by atoms with E-state index in [1.54, 1.807) is 7.05 Å². The molecule has 1 fully saturated rings. The van der Waals surface area contributed by atoms with E-state index in [1.807, 2.05) is 7.05 Å². The van der Waals surface area contributed by atoms with Gasteiger partial charge in [0, 0.05) is 26.2 Å². The zero-order chi connectivity index (χ0) is 10.6. The fourth-order valence-electron chi connectivity index (χ4n) is 1.99. The summed E-state index contributed by atoms with van der Waals surface area (Å²) in [6.07, 6.45) is 4.43. The van der Waals surface area contributed by atoms with Crippen LogP contribution in [0.3, 0.4) is 0 Å². The molecule has 1 aliphatic carbocycles. The van der Waals surface area contributed by atoms with Gasteiger partial charge in [-0.15, -0.1) is 12.4 Å². The van der Waals surface area contributed by atoms with Crippen LogP contribution in [0.25, 0.3) is 0 Å². The predicted octanol–water partition coefficient (Wildman–Crippen LogP) is 0.0590. The van der Waals surface area contributed by atoms with Crippen LogP contribution < -0.4 is 17.0 Å². The molecule has 0 heterocycles. The average Bonchev–Trinajstić information content (AvgIpc) is 2.20. The Bertz CT molecular complexity index is 201. The number of hydrogen-bond donors (Lipinski definition) is 3. The van der Waals surface area contributed by atoms with Crippen LogP contribution in [0.5, 0.6) is 0 Å². The summed E-state index contributed by atoms with van der Waals surface area (Å²) < 4.78 is 0. The molecule has 90 valence electrons. The first-order chi connectivity index (χ1) is 6.69. The second-order valence-corrected chi connectivity index (χ2v) is 3.87. The number of guanidine groups is 1. The maximum absolute atomic E-state index is 5.85. The van der Waals surface area contributed by atoms with Crippen LogP contribution in [0.2, 0.25) is 0 Å². The monoisotopic (exact) mass is 235 g/mol. The zero-order valence-electron chi connectivity index (χ0n) is 9.44. The van der Waals surface area contributed by atoms with Crippen molar-refractivity contribution in [3.63, 3.8) is 0 Å². The van der Waals surface area contributed by atoms with Crippen molar-refractivity contribution in [2.24, 2.45) is 16.6 Å². The van der Waals surface area contributed by atoms with Crippen molar-refractivity contribution in [1.82, 2.24) is 10.3 Å². The summed E-state index contributed by atoms with van der Waals surface area (Å²) in [6, 6.07) is 0.900. The molecule has 0 bridgehead atoms. The van der Waals surface area contributed by atoms with Gasteiger partial charge in [0.1, 0.15) is 0 Å². The van der Waals surface area contributed by atoms with Gasteiger partial charge in [0.2, 0.25) is 5.96 Å². The Hall–Kier alpha value is -0.520. The minimum absolute atomic E-state index is 0. The van der Waals surface area contributed by atoms with Gasteiger partial charge in [0.25, 0.3) is 0 Å². The number of hydrogen-bond acceptors (Lipinski definition) is 3. The number of nitrogens with zero attached hydrogens (tertiary/aromatic N) is 2. The molecule has 0 saturated heterocycles. The summed E-state index contributed by atoms with van der Waals surface area (Å²) >= 11 is 0. The second-order valence-electron chi connectivity index (χ2n) is 3.87. The molecule has 0 aromatic carbocycles. The van der Waals surface area contributed by atoms with Crippen molar-refractivity contribution in [2.45, 2.75) is 37.8 Å². The van der Waals surface area contributed by atoms with Crippen molar-refractivity contribution in [2.75, 3.05) is 14.1 Å². The molecule has 6 heteroatoms. The first-order valence-electron chi connectivity index (χ1n) is 5.10. The van der Waals surface area contributed by atoms with Gasteiger partial charge in [-0.05, 0) is 25.7 Å². The van der Waals surface area contributed by atoms with E-state index < -0.39 is 0 Å². The highest BCUT2D eigenvalue weighted by Gasteiger charge is 2.23. The van der Waals surface area contributed by atoms with Crippen molar-refractivity contribution >= 4 is 18.4 Å². The summed E-state index contributed by atoms with van der Waals surface area (Å²) in [5.41, 5.74) is 8.45. The Morgan fingerprint density at radius 1 is 1.33 bits per heavy atom.